The van der Waals surface area contributed by atoms with Crippen LogP contribution in [-0.4, -0.2) is 18.6 Å². The molecule has 1 aromatic carbocycles. The molecule has 0 bridgehead atoms. The Balaban J connectivity index is 1.97. The van der Waals surface area contributed by atoms with Crippen LogP contribution in [0.4, 0.5) is 0 Å². The van der Waals surface area contributed by atoms with Crippen molar-refractivity contribution in [2.24, 2.45) is 0 Å². The van der Waals surface area contributed by atoms with E-state index >= 15 is 0 Å². The summed E-state index contributed by atoms with van der Waals surface area (Å²) in [5.41, 5.74) is 1.75. The second-order valence-corrected chi connectivity index (χ2v) is 5.93. The summed E-state index contributed by atoms with van der Waals surface area (Å²) in [4.78, 5) is 12.4. The molecule has 1 aliphatic rings. The van der Waals surface area contributed by atoms with Gasteiger partial charge in [-0.05, 0) is 50.5 Å². The zero-order valence-corrected chi connectivity index (χ0v) is 13.3. The number of benzene rings is 1. The van der Waals surface area contributed by atoms with Crippen molar-refractivity contribution in [2.75, 3.05) is 6.61 Å². The summed E-state index contributed by atoms with van der Waals surface area (Å²) in [5, 5.41) is 3.20. The van der Waals surface area contributed by atoms with Gasteiger partial charge in [-0.25, -0.2) is 0 Å². The van der Waals surface area contributed by atoms with Crippen molar-refractivity contribution in [3.8, 4) is 5.75 Å². The lowest BCUT2D eigenvalue weighted by Crippen LogP contribution is -2.35. The lowest BCUT2D eigenvalue weighted by atomic mass is 9.96. The summed E-state index contributed by atoms with van der Waals surface area (Å²) in [6, 6.07) is 6.01. The minimum absolute atomic E-state index is 0.0479. The van der Waals surface area contributed by atoms with Gasteiger partial charge in [0.25, 0.3) is 5.91 Å². The molecule has 1 N–H and O–H groups in total. The van der Waals surface area contributed by atoms with Crippen LogP contribution in [0.15, 0.2) is 18.2 Å². The van der Waals surface area contributed by atoms with Gasteiger partial charge in [0.05, 0.1) is 6.61 Å². The first-order valence-corrected chi connectivity index (χ1v) is 8.25. The quantitative estimate of drug-likeness (QED) is 0.900. The van der Waals surface area contributed by atoms with Crippen LogP contribution in [0.5, 0.6) is 5.75 Å². The molecule has 1 saturated carbocycles. The Morgan fingerprint density at radius 1 is 1.19 bits per heavy atom. The molecule has 21 heavy (non-hydrogen) atoms. The third kappa shape index (κ3) is 4.76. The van der Waals surface area contributed by atoms with Gasteiger partial charge in [0.15, 0.2) is 0 Å². The summed E-state index contributed by atoms with van der Waals surface area (Å²) in [6.45, 7) is 4.60. The zero-order chi connectivity index (χ0) is 15.1. The number of hydrogen-bond donors (Lipinski definition) is 1. The van der Waals surface area contributed by atoms with Gasteiger partial charge in [-0.2, -0.15) is 0 Å². The van der Waals surface area contributed by atoms with Crippen LogP contribution in [0, 0.1) is 6.92 Å². The first-order valence-electron chi connectivity index (χ1n) is 8.25. The Kier molecular flexibility index (Phi) is 6.09. The van der Waals surface area contributed by atoms with Gasteiger partial charge in [-0.3, -0.25) is 4.79 Å². The van der Waals surface area contributed by atoms with Crippen LogP contribution in [-0.2, 0) is 0 Å². The average Bonchev–Trinajstić information content (AvgIpc) is 2.44. The highest BCUT2D eigenvalue weighted by Crippen LogP contribution is 2.20. The number of aryl methyl sites for hydroxylation is 1. The van der Waals surface area contributed by atoms with E-state index < -0.39 is 0 Å². The van der Waals surface area contributed by atoms with Gasteiger partial charge in [0, 0.05) is 11.6 Å². The van der Waals surface area contributed by atoms with Gasteiger partial charge >= 0.3 is 0 Å². The van der Waals surface area contributed by atoms with Gasteiger partial charge in [-0.1, -0.05) is 32.1 Å². The maximum atomic E-state index is 12.4. The number of ether oxygens (including phenoxy) is 1. The van der Waals surface area contributed by atoms with Crippen molar-refractivity contribution in [3.63, 3.8) is 0 Å². The molecule has 2 rings (SSSR count). The third-order valence-electron chi connectivity index (χ3n) is 4.18. The van der Waals surface area contributed by atoms with Crippen LogP contribution >= 0.6 is 0 Å². The number of rotatable bonds is 4. The van der Waals surface area contributed by atoms with E-state index in [2.05, 4.69) is 5.32 Å². The molecular weight excluding hydrogens is 262 g/mol. The van der Waals surface area contributed by atoms with E-state index in [0.29, 0.717) is 12.6 Å². The smallest absolute Gasteiger partial charge is 0.251 e. The monoisotopic (exact) mass is 289 g/mol. The van der Waals surface area contributed by atoms with E-state index in [0.717, 1.165) is 29.7 Å². The maximum absolute atomic E-state index is 12.4. The van der Waals surface area contributed by atoms with Gasteiger partial charge in [0.1, 0.15) is 5.75 Å². The minimum atomic E-state index is 0.0479. The van der Waals surface area contributed by atoms with Crippen LogP contribution < -0.4 is 10.1 Å². The summed E-state index contributed by atoms with van der Waals surface area (Å²) in [7, 11) is 0. The van der Waals surface area contributed by atoms with E-state index in [1.165, 1.54) is 32.1 Å². The average molecular weight is 289 g/mol. The number of carbonyl (C=O) groups is 1. The van der Waals surface area contributed by atoms with Crippen molar-refractivity contribution in [1.82, 2.24) is 5.32 Å². The molecule has 0 saturated heterocycles. The lowest BCUT2D eigenvalue weighted by molar-refractivity contribution is 0.0930. The van der Waals surface area contributed by atoms with Crippen molar-refractivity contribution < 1.29 is 9.53 Å². The molecule has 0 atom stereocenters. The number of hydrogen-bond acceptors (Lipinski definition) is 2. The molecule has 1 fully saturated rings. The zero-order valence-electron chi connectivity index (χ0n) is 13.3. The Morgan fingerprint density at radius 2 is 1.86 bits per heavy atom. The molecule has 0 radical (unpaired) electrons. The second-order valence-electron chi connectivity index (χ2n) is 5.93. The van der Waals surface area contributed by atoms with Crippen molar-refractivity contribution in [1.29, 1.82) is 0 Å². The fourth-order valence-electron chi connectivity index (χ4n) is 2.98. The SMILES string of the molecule is CCOc1ccc(C(=O)NC2CCCCCCC2)cc1C. The molecule has 3 nitrogen and oxygen atoms in total. The summed E-state index contributed by atoms with van der Waals surface area (Å²) < 4.78 is 5.52. The first kappa shape index (κ1) is 15.9. The van der Waals surface area contributed by atoms with E-state index in [4.69, 9.17) is 4.74 Å². The molecule has 0 heterocycles. The molecule has 0 aliphatic heterocycles. The highest BCUT2D eigenvalue weighted by molar-refractivity contribution is 5.94. The highest BCUT2D eigenvalue weighted by atomic mass is 16.5. The van der Waals surface area contributed by atoms with Crippen molar-refractivity contribution in [3.05, 3.63) is 29.3 Å². The molecule has 116 valence electrons. The number of nitrogens with one attached hydrogen (secondary N) is 1. The Hall–Kier alpha value is -1.51. The van der Waals surface area contributed by atoms with Crippen molar-refractivity contribution in [2.45, 2.75) is 64.8 Å². The van der Waals surface area contributed by atoms with E-state index in [9.17, 15) is 4.79 Å². The van der Waals surface area contributed by atoms with Gasteiger partial charge in [-0.15, -0.1) is 0 Å². The van der Waals surface area contributed by atoms with Crippen LogP contribution in [0.1, 0.15) is 67.8 Å². The van der Waals surface area contributed by atoms with Crippen LogP contribution in [0.25, 0.3) is 0 Å². The minimum Gasteiger partial charge on any atom is -0.494 e. The standard InChI is InChI=1S/C18H27NO2/c1-3-21-17-12-11-15(13-14(17)2)18(20)19-16-9-7-5-4-6-8-10-16/h11-13,16H,3-10H2,1-2H3,(H,19,20). The molecule has 0 aromatic heterocycles. The van der Waals surface area contributed by atoms with Crippen LogP contribution in [0.3, 0.4) is 0 Å². The Morgan fingerprint density at radius 3 is 2.48 bits per heavy atom. The predicted octanol–water partition coefficient (Wildman–Crippen LogP) is 4.24. The Bertz CT molecular complexity index is 462. The first-order chi connectivity index (χ1) is 10.2. The van der Waals surface area contributed by atoms with Crippen LogP contribution in [0.2, 0.25) is 0 Å². The normalized spacial score (nSPS) is 16.9. The largest absolute Gasteiger partial charge is 0.494 e. The molecule has 0 unspecified atom stereocenters. The lowest BCUT2D eigenvalue weighted by Gasteiger charge is -2.21. The second kappa shape index (κ2) is 8.06. The summed E-state index contributed by atoms with van der Waals surface area (Å²) in [6.07, 6.45) is 8.63. The molecule has 3 heteroatoms. The van der Waals surface area contributed by atoms with Crippen molar-refractivity contribution >= 4 is 5.91 Å². The topological polar surface area (TPSA) is 38.3 Å². The number of amides is 1. The van der Waals surface area contributed by atoms with E-state index in [1.54, 1.807) is 0 Å². The van der Waals surface area contributed by atoms with Gasteiger partial charge < -0.3 is 10.1 Å². The molecule has 0 spiro atoms. The van der Waals surface area contributed by atoms with E-state index in [1.807, 2.05) is 32.0 Å². The molecule has 1 amide bonds. The fourth-order valence-corrected chi connectivity index (χ4v) is 2.98. The fraction of sp³-hybridized carbons (Fsp3) is 0.611. The van der Waals surface area contributed by atoms with E-state index in [-0.39, 0.29) is 5.91 Å². The number of carbonyl (C=O) groups excluding carboxylic acids is 1. The highest BCUT2D eigenvalue weighted by Gasteiger charge is 2.15. The summed E-state index contributed by atoms with van der Waals surface area (Å²) in [5.74, 6) is 0.909. The summed E-state index contributed by atoms with van der Waals surface area (Å²) >= 11 is 0. The molecular formula is C18H27NO2. The molecule has 1 aromatic rings. The molecule has 1 aliphatic carbocycles. The maximum Gasteiger partial charge on any atom is 0.251 e. The third-order valence-corrected chi connectivity index (χ3v) is 4.18. The predicted molar refractivity (Wildman–Crippen MR) is 85.9 cm³/mol. The van der Waals surface area contributed by atoms with Gasteiger partial charge in [0.2, 0.25) is 0 Å². The Labute approximate surface area is 128 Å².